The van der Waals surface area contributed by atoms with Crippen LogP contribution < -0.4 is 0 Å². The molecule has 0 aromatic rings. The monoisotopic (exact) mass is 317 g/mol. The Hall–Kier alpha value is 1.14. The smallest absolute Gasteiger partial charge is 0.107 e. The summed E-state index contributed by atoms with van der Waals surface area (Å²) < 4.78 is 35.6. The molecule has 0 aliphatic rings. The van der Waals surface area contributed by atoms with Gasteiger partial charge in [-0.05, 0) is 0 Å². The van der Waals surface area contributed by atoms with Gasteiger partial charge in [0.15, 0.2) is 0 Å². The van der Waals surface area contributed by atoms with Crippen molar-refractivity contribution in [2.75, 3.05) is 0 Å². The predicted molar refractivity (Wildman–Crippen MR) is 40.1 cm³/mol. The van der Waals surface area contributed by atoms with Crippen LogP contribution in [0.25, 0.3) is 0 Å². The molecule has 0 heterocycles. The largest absolute Gasteiger partial charge is 0.107 e. The molecule has 0 saturated carbocycles. The van der Waals surface area contributed by atoms with Crippen molar-refractivity contribution < 1.29 is 31.5 Å². The Kier molecular flexibility index (Phi) is 5.81. The summed E-state index contributed by atoms with van der Waals surface area (Å²) in [5.41, 5.74) is -1.47. The van der Waals surface area contributed by atoms with Crippen LogP contribution in [0.3, 0.4) is 0 Å². The van der Waals surface area contributed by atoms with Gasteiger partial charge in [0.05, 0.1) is 0 Å². The summed E-state index contributed by atoms with van der Waals surface area (Å²) in [4.78, 5) is 0. The van der Waals surface area contributed by atoms with E-state index in [-0.39, 0.29) is 29.0 Å². The Labute approximate surface area is 85.6 Å². The van der Waals surface area contributed by atoms with Crippen LogP contribution in [-0.2, 0) is 18.3 Å². The van der Waals surface area contributed by atoms with Gasteiger partial charge in [-0.25, -0.2) is 0 Å². The average Bonchev–Trinajstić information content (AvgIpc) is 1.64. The molecule has 0 radical (unpaired) electrons. The van der Waals surface area contributed by atoms with E-state index in [2.05, 4.69) is 0 Å². The zero-order valence-electron chi connectivity index (χ0n) is 5.96. The van der Waals surface area contributed by atoms with Crippen LogP contribution in [0.1, 0.15) is 13.8 Å². The SMILES string of the molecule is CC(C)([CH2][Zn])C(F)(F)F.I. The van der Waals surface area contributed by atoms with Gasteiger partial charge in [-0.15, -0.1) is 24.0 Å². The Balaban J connectivity index is 0. The van der Waals surface area contributed by atoms with Crippen LogP contribution in [0, 0.1) is 5.41 Å². The minimum absolute atomic E-state index is 0. The second kappa shape index (κ2) is 4.24. The fourth-order valence-electron chi connectivity index (χ4n) is 0.142. The van der Waals surface area contributed by atoms with Gasteiger partial charge >= 0.3 is 61.9 Å². The molecule has 0 bridgehead atoms. The first kappa shape index (κ1) is 13.7. The summed E-state index contributed by atoms with van der Waals surface area (Å²) >= 11 is 0.701. The minimum Gasteiger partial charge on any atom is -0.107 e. The molecule has 0 unspecified atom stereocenters. The van der Waals surface area contributed by atoms with Crippen molar-refractivity contribution in [1.82, 2.24) is 0 Å². The number of hydrogen-bond acceptors (Lipinski definition) is 0. The molecule has 5 heteroatoms. The van der Waals surface area contributed by atoms with Crippen LogP contribution in [0.2, 0.25) is 5.02 Å². The maximum Gasteiger partial charge on any atom is -0.107 e. The van der Waals surface area contributed by atoms with E-state index in [4.69, 9.17) is 0 Å². The predicted octanol–water partition coefficient (Wildman–Crippen LogP) is 3.16. The van der Waals surface area contributed by atoms with Crippen molar-refractivity contribution in [3.05, 3.63) is 0 Å². The molecule has 10 heavy (non-hydrogen) atoms. The maximum absolute atomic E-state index is 11.9. The number of alkyl halides is 3. The summed E-state index contributed by atoms with van der Waals surface area (Å²) in [5, 5.41) is 0.260. The van der Waals surface area contributed by atoms with Gasteiger partial charge in [0, 0.05) is 0 Å². The summed E-state index contributed by atoms with van der Waals surface area (Å²) in [6.07, 6.45) is -4.02. The van der Waals surface area contributed by atoms with Crippen molar-refractivity contribution in [2.45, 2.75) is 25.0 Å². The summed E-state index contributed by atoms with van der Waals surface area (Å²) in [6, 6.07) is 0. The summed E-state index contributed by atoms with van der Waals surface area (Å²) in [6.45, 7) is 2.47. The standard InChI is InChI=1S/C5H8F3.HI.Zn/c1-4(2,3)5(6,7)8;;/h1H2,2-3H3;1H;. The molecule has 0 aliphatic carbocycles. The normalized spacial score (nSPS) is 12.7. The van der Waals surface area contributed by atoms with Crippen LogP contribution in [0.5, 0.6) is 0 Å². The van der Waals surface area contributed by atoms with E-state index in [1.54, 1.807) is 0 Å². The molecular formula is C5H9F3IZn. The molecule has 0 rings (SSSR count). The van der Waals surface area contributed by atoms with Crippen LogP contribution in [0.15, 0.2) is 0 Å². The Morgan fingerprint density at radius 1 is 1.20 bits per heavy atom. The first-order valence-electron chi connectivity index (χ1n) is 2.67. The van der Waals surface area contributed by atoms with Crippen LogP contribution in [-0.4, -0.2) is 6.18 Å². The number of hydrogen-bond donors (Lipinski definition) is 0. The van der Waals surface area contributed by atoms with Gasteiger partial charge in [-0.2, -0.15) is 0 Å². The van der Waals surface area contributed by atoms with E-state index < -0.39 is 11.6 Å². The Morgan fingerprint density at radius 3 is 1.50 bits per heavy atom. The molecule has 0 spiro atoms. The molecule has 0 amide bonds. The molecule has 0 aromatic heterocycles. The van der Waals surface area contributed by atoms with Gasteiger partial charge in [0.1, 0.15) is 0 Å². The van der Waals surface area contributed by atoms with Crippen molar-refractivity contribution in [2.24, 2.45) is 5.41 Å². The minimum atomic E-state index is -4.02. The third kappa shape index (κ3) is 3.51. The second-order valence-corrected chi connectivity index (χ2v) is 3.68. The number of rotatable bonds is 1. The van der Waals surface area contributed by atoms with Crippen molar-refractivity contribution in [3.8, 4) is 0 Å². The van der Waals surface area contributed by atoms with E-state index >= 15 is 0 Å². The summed E-state index contributed by atoms with van der Waals surface area (Å²) in [7, 11) is 0. The molecule has 0 fully saturated rings. The zero-order valence-corrected chi connectivity index (χ0v) is 11.3. The molecule has 0 aromatic carbocycles. The maximum atomic E-state index is 11.9. The Bertz CT molecular complexity index is 99.6. The first-order valence-corrected chi connectivity index (χ1v) is 4.77. The van der Waals surface area contributed by atoms with E-state index in [1.807, 2.05) is 0 Å². The van der Waals surface area contributed by atoms with Crippen LogP contribution >= 0.6 is 24.0 Å². The molecular weight excluding hydrogens is 309 g/mol. The molecule has 0 atom stereocenters. The van der Waals surface area contributed by atoms with Gasteiger partial charge in [-0.3, -0.25) is 0 Å². The topological polar surface area (TPSA) is 0 Å². The zero-order chi connectivity index (χ0) is 7.71. The fourth-order valence-corrected chi connectivity index (χ4v) is 0.736. The molecule has 59 valence electrons. The van der Waals surface area contributed by atoms with E-state index in [0.717, 1.165) is 0 Å². The first-order chi connectivity index (χ1) is 3.81. The quantitative estimate of drug-likeness (QED) is 0.515. The van der Waals surface area contributed by atoms with Gasteiger partial charge in [0.2, 0.25) is 0 Å². The fraction of sp³-hybridized carbons (Fsp3) is 1.00. The molecule has 0 N–H and O–H groups in total. The third-order valence-corrected chi connectivity index (χ3v) is 4.01. The van der Waals surface area contributed by atoms with Crippen LogP contribution in [0.4, 0.5) is 13.2 Å². The summed E-state index contributed by atoms with van der Waals surface area (Å²) in [5.74, 6) is 0. The Morgan fingerprint density at radius 2 is 1.50 bits per heavy atom. The van der Waals surface area contributed by atoms with E-state index in [9.17, 15) is 13.2 Å². The molecule has 0 saturated heterocycles. The van der Waals surface area contributed by atoms with Gasteiger partial charge in [-0.1, -0.05) is 0 Å². The van der Waals surface area contributed by atoms with Crippen molar-refractivity contribution in [3.63, 3.8) is 0 Å². The van der Waals surface area contributed by atoms with Gasteiger partial charge in [0.25, 0.3) is 0 Å². The van der Waals surface area contributed by atoms with Crippen molar-refractivity contribution in [1.29, 1.82) is 0 Å². The average molecular weight is 318 g/mol. The molecule has 0 nitrogen and oxygen atoms in total. The van der Waals surface area contributed by atoms with Gasteiger partial charge < -0.3 is 0 Å². The second-order valence-electron chi connectivity index (χ2n) is 2.63. The molecule has 0 aliphatic heterocycles. The number of halogens is 4. The third-order valence-electron chi connectivity index (χ3n) is 1.39. The van der Waals surface area contributed by atoms with E-state index in [1.165, 1.54) is 13.8 Å². The van der Waals surface area contributed by atoms with Crippen molar-refractivity contribution >= 4 is 24.0 Å². The van der Waals surface area contributed by atoms with E-state index in [0.29, 0.717) is 18.3 Å².